The minimum absolute atomic E-state index is 0.222. The van der Waals surface area contributed by atoms with Crippen LogP contribution in [0.3, 0.4) is 0 Å². The predicted octanol–water partition coefficient (Wildman–Crippen LogP) is 1.61. The second-order valence-corrected chi connectivity index (χ2v) is 5.03. The van der Waals surface area contributed by atoms with Gasteiger partial charge >= 0.3 is 5.97 Å². The standard InChI is InChI=1S/C13H25NO3/c1-3-4-7-11(12(15)17-2)14-10-13(16)8-5-6-9-13/h11,14,16H,3-10H2,1-2H3. The minimum Gasteiger partial charge on any atom is -0.468 e. The number of aliphatic hydroxyl groups is 1. The van der Waals surface area contributed by atoms with E-state index in [0.717, 1.165) is 44.9 Å². The number of unbranched alkanes of at least 4 members (excludes halogenated alkanes) is 1. The molecule has 17 heavy (non-hydrogen) atoms. The fraction of sp³-hybridized carbons (Fsp3) is 0.923. The smallest absolute Gasteiger partial charge is 0.322 e. The maximum Gasteiger partial charge on any atom is 0.322 e. The lowest BCUT2D eigenvalue weighted by Crippen LogP contribution is -2.46. The van der Waals surface area contributed by atoms with Crippen molar-refractivity contribution < 1.29 is 14.6 Å². The van der Waals surface area contributed by atoms with Crippen molar-refractivity contribution in [2.75, 3.05) is 13.7 Å². The zero-order valence-corrected chi connectivity index (χ0v) is 11.0. The SMILES string of the molecule is CCCCC(NCC1(O)CCCC1)C(=O)OC. The van der Waals surface area contributed by atoms with Gasteiger partial charge in [0.05, 0.1) is 12.7 Å². The van der Waals surface area contributed by atoms with Gasteiger partial charge in [0.15, 0.2) is 0 Å². The molecule has 1 rings (SSSR count). The number of methoxy groups -OCH3 is 1. The van der Waals surface area contributed by atoms with E-state index < -0.39 is 5.60 Å². The molecule has 0 aromatic carbocycles. The summed E-state index contributed by atoms with van der Waals surface area (Å²) in [6.45, 7) is 2.59. The van der Waals surface area contributed by atoms with Crippen molar-refractivity contribution in [1.82, 2.24) is 5.32 Å². The summed E-state index contributed by atoms with van der Waals surface area (Å²) in [5.74, 6) is -0.222. The Balaban J connectivity index is 2.39. The molecule has 1 unspecified atom stereocenters. The number of hydrogen-bond donors (Lipinski definition) is 2. The van der Waals surface area contributed by atoms with E-state index in [4.69, 9.17) is 4.74 Å². The van der Waals surface area contributed by atoms with Gasteiger partial charge in [-0.1, -0.05) is 32.6 Å². The highest BCUT2D eigenvalue weighted by Gasteiger charge is 2.32. The van der Waals surface area contributed by atoms with Crippen LogP contribution in [0.25, 0.3) is 0 Å². The molecule has 0 amide bonds. The average Bonchev–Trinajstić information content (AvgIpc) is 2.76. The Kier molecular flexibility index (Phi) is 5.92. The Morgan fingerprint density at radius 2 is 2.12 bits per heavy atom. The van der Waals surface area contributed by atoms with Crippen molar-refractivity contribution >= 4 is 5.97 Å². The van der Waals surface area contributed by atoms with E-state index in [1.165, 1.54) is 7.11 Å². The molecule has 1 saturated carbocycles. The van der Waals surface area contributed by atoms with E-state index in [1.807, 2.05) is 0 Å². The highest BCUT2D eigenvalue weighted by atomic mass is 16.5. The van der Waals surface area contributed by atoms with Crippen molar-refractivity contribution in [3.63, 3.8) is 0 Å². The first-order chi connectivity index (χ1) is 8.11. The third-order valence-corrected chi connectivity index (χ3v) is 3.54. The van der Waals surface area contributed by atoms with Gasteiger partial charge in [0.1, 0.15) is 6.04 Å². The molecule has 1 aliphatic carbocycles. The van der Waals surface area contributed by atoms with E-state index in [9.17, 15) is 9.90 Å². The zero-order chi connectivity index (χ0) is 12.7. The van der Waals surface area contributed by atoms with Gasteiger partial charge in [0.2, 0.25) is 0 Å². The Labute approximate surface area is 104 Å². The van der Waals surface area contributed by atoms with Crippen molar-refractivity contribution in [3.8, 4) is 0 Å². The van der Waals surface area contributed by atoms with E-state index in [0.29, 0.717) is 6.54 Å². The molecule has 0 saturated heterocycles. The minimum atomic E-state index is -0.613. The molecule has 1 atom stereocenters. The summed E-state index contributed by atoms with van der Waals surface area (Å²) in [4.78, 5) is 11.6. The van der Waals surface area contributed by atoms with Gasteiger partial charge in [-0.25, -0.2) is 0 Å². The van der Waals surface area contributed by atoms with Gasteiger partial charge in [-0.3, -0.25) is 4.79 Å². The quantitative estimate of drug-likeness (QED) is 0.667. The van der Waals surface area contributed by atoms with Crippen LogP contribution in [0.2, 0.25) is 0 Å². The first kappa shape index (κ1) is 14.5. The molecule has 4 heteroatoms. The highest BCUT2D eigenvalue weighted by molar-refractivity contribution is 5.75. The third kappa shape index (κ3) is 4.64. The van der Waals surface area contributed by atoms with Gasteiger partial charge in [-0.05, 0) is 19.3 Å². The normalized spacial score (nSPS) is 20.2. The van der Waals surface area contributed by atoms with Crippen molar-refractivity contribution in [3.05, 3.63) is 0 Å². The van der Waals surface area contributed by atoms with Crippen LogP contribution in [0.1, 0.15) is 51.9 Å². The van der Waals surface area contributed by atoms with Gasteiger partial charge in [0, 0.05) is 6.54 Å². The maximum absolute atomic E-state index is 11.6. The molecule has 0 radical (unpaired) electrons. The lowest BCUT2D eigenvalue weighted by Gasteiger charge is -2.25. The Bertz CT molecular complexity index is 237. The van der Waals surface area contributed by atoms with E-state index >= 15 is 0 Å². The fourth-order valence-corrected chi connectivity index (χ4v) is 2.38. The number of carbonyl (C=O) groups is 1. The lowest BCUT2D eigenvalue weighted by atomic mass is 10.0. The van der Waals surface area contributed by atoms with E-state index in [2.05, 4.69) is 12.2 Å². The van der Waals surface area contributed by atoms with E-state index in [1.54, 1.807) is 0 Å². The predicted molar refractivity (Wildman–Crippen MR) is 66.7 cm³/mol. The summed E-state index contributed by atoms with van der Waals surface area (Å²) in [6.07, 6.45) is 6.65. The molecule has 0 spiro atoms. The van der Waals surface area contributed by atoms with Gasteiger partial charge in [0.25, 0.3) is 0 Å². The zero-order valence-electron chi connectivity index (χ0n) is 11.0. The van der Waals surface area contributed by atoms with Crippen molar-refractivity contribution in [2.24, 2.45) is 0 Å². The summed E-state index contributed by atoms with van der Waals surface area (Å²) in [5.41, 5.74) is -0.613. The molecule has 0 heterocycles. The summed E-state index contributed by atoms with van der Waals surface area (Å²) >= 11 is 0. The number of nitrogens with one attached hydrogen (secondary N) is 1. The molecular weight excluding hydrogens is 218 g/mol. The first-order valence-corrected chi connectivity index (χ1v) is 6.65. The molecule has 0 aromatic rings. The average molecular weight is 243 g/mol. The number of carbonyl (C=O) groups excluding carboxylic acids is 1. The third-order valence-electron chi connectivity index (χ3n) is 3.54. The van der Waals surface area contributed by atoms with Crippen molar-refractivity contribution in [1.29, 1.82) is 0 Å². The largest absolute Gasteiger partial charge is 0.468 e. The Morgan fingerprint density at radius 3 is 2.65 bits per heavy atom. The van der Waals surface area contributed by atoms with Crippen molar-refractivity contribution in [2.45, 2.75) is 63.5 Å². The van der Waals surface area contributed by atoms with Crippen LogP contribution in [0, 0.1) is 0 Å². The molecule has 4 nitrogen and oxygen atoms in total. The second-order valence-electron chi connectivity index (χ2n) is 5.03. The molecule has 0 aromatic heterocycles. The number of rotatable bonds is 7. The topological polar surface area (TPSA) is 58.6 Å². The van der Waals surface area contributed by atoms with Crippen LogP contribution in [0.4, 0.5) is 0 Å². The van der Waals surface area contributed by atoms with Gasteiger partial charge in [-0.2, -0.15) is 0 Å². The molecule has 1 fully saturated rings. The number of esters is 1. The van der Waals surface area contributed by atoms with Crippen LogP contribution in [-0.2, 0) is 9.53 Å². The monoisotopic (exact) mass is 243 g/mol. The Morgan fingerprint density at radius 1 is 1.47 bits per heavy atom. The lowest BCUT2D eigenvalue weighted by molar-refractivity contribution is -0.143. The fourth-order valence-electron chi connectivity index (χ4n) is 2.38. The van der Waals surface area contributed by atoms with Crippen LogP contribution < -0.4 is 5.32 Å². The second kappa shape index (κ2) is 6.97. The summed E-state index contributed by atoms with van der Waals surface area (Å²) in [5, 5.41) is 13.4. The first-order valence-electron chi connectivity index (χ1n) is 6.65. The maximum atomic E-state index is 11.6. The molecular formula is C13H25NO3. The molecule has 1 aliphatic rings. The number of ether oxygens (including phenoxy) is 1. The van der Waals surface area contributed by atoms with Crippen LogP contribution >= 0.6 is 0 Å². The van der Waals surface area contributed by atoms with E-state index in [-0.39, 0.29) is 12.0 Å². The highest BCUT2D eigenvalue weighted by Crippen LogP contribution is 2.28. The Hall–Kier alpha value is -0.610. The molecule has 0 bridgehead atoms. The van der Waals surface area contributed by atoms with Crippen LogP contribution in [0.5, 0.6) is 0 Å². The van der Waals surface area contributed by atoms with Gasteiger partial charge in [-0.15, -0.1) is 0 Å². The summed E-state index contributed by atoms with van der Waals surface area (Å²) in [6, 6.07) is -0.274. The number of hydrogen-bond acceptors (Lipinski definition) is 4. The summed E-state index contributed by atoms with van der Waals surface area (Å²) < 4.78 is 4.77. The molecule has 2 N–H and O–H groups in total. The molecule has 0 aliphatic heterocycles. The molecule has 100 valence electrons. The van der Waals surface area contributed by atoms with Crippen LogP contribution in [0.15, 0.2) is 0 Å². The van der Waals surface area contributed by atoms with Crippen LogP contribution in [-0.4, -0.2) is 36.4 Å². The van der Waals surface area contributed by atoms with Gasteiger partial charge < -0.3 is 15.2 Å². The summed E-state index contributed by atoms with van der Waals surface area (Å²) in [7, 11) is 1.41.